The molecule has 2 aliphatic carbocycles. The minimum atomic E-state index is 0.694. The zero-order valence-electron chi connectivity index (χ0n) is 35.0. The van der Waals surface area contributed by atoms with E-state index in [1.165, 1.54) is 73.7 Å². The van der Waals surface area contributed by atoms with Crippen molar-refractivity contribution in [1.82, 2.24) is 0 Å². The summed E-state index contributed by atoms with van der Waals surface area (Å²) in [5.41, 5.74) is 12.1. The van der Waals surface area contributed by atoms with Crippen molar-refractivity contribution in [3.05, 3.63) is 71.9 Å². The number of fused-ring (bicyclic) bond motifs is 1. The van der Waals surface area contributed by atoms with Gasteiger partial charge in [-0.15, -0.1) is 6.58 Å². The highest BCUT2D eigenvalue weighted by Crippen LogP contribution is 2.41. The summed E-state index contributed by atoms with van der Waals surface area (Å²) in [6.45, 7) is 49.2. The van der Waals surface area contributed by atoms with Crippen molar-refractivity contribution in [2.24, 2.45) is 41.2 Å². The van der Waals surface area contributed by atoms with E-state index in [-0.39, 0.29) is 0 Å². The van der Waals surface area contributed by atoms with Gasteiger partial charge in [-0.1, -0.05) is 181 Å². The Hall–Kier alpha value is -1.60. The molecule has 0 aromatic carbocycles. The molecule has 0 heterocycles. The van der Waals surface area contributed by atoms with Gasteiger partial charge in [0.1, 0.15) is 0 Å². The fourth-order valence-corrected chi connectivity index (χ4v) is 4.25. The molecule has 2 rings (SSSR count). The Morgan fingerprint density at radius 2 is 1.26 bits per heavy atom. The summed E-state index contributed by atoms with van der Waals surface area (Å²) in [4.78, 5) is 0. The lowest BCUT2D eigenvalue weighted by atomic mass is 9.81. The molecule has 46 heavy (non-hydrogen) atoms. The van der Waals surface area contributed by atoms with E-state index in [0.717, 1.165) is 42.6 Å². The first-order chi connectivity index (χ1) is 21.5. The van der Waals surface area contributed by atoms with E-state index in [0.29, 0.717) is 5.92 Å². The van der Waals surface area contributed by atoms with E-state index in [1.807, 2.05) is 20.8 Å². The number of nitrogens with two attached hydrogens (primary N) is 1. The Kier molecular flexibility index (Phi) is 44.3. The highest BCUT2D eigenvalue weighted by Gasteiger charge is 2.27. The van der Waals surface area contributed by atoms with Crippen molar-refractivity contribution in [3.8, 4) is 0 Å². The SMILES string of the molecule is C=C(C)C(C(C)C)C(C)C.C=C(C)C(C)CCCC.C=C(C)CC.CC.CC1=C\C=C2\CC2C/C=C\1.CCC(C)C.CCCCN. The lowest BCUT2D eigenvalue weighted by molar-refractivity contribution is 0.338. The van der Waals surface area contributed by atoms with E-state index in [1.54, 1.807) is 5.57 Å². The topological polar surface area (TPSA) is 26.0 Å². The number of allylic oxidation sites excluding steroid dienone is 9. The molecule has 0 aliphatic heterocycles. The normalized spacial score (nSPS) is 17.4. The van der Waals surface area contributed by atoms with Gasteiger partial charge < -0.3 is 5.73 Å². The van der Waals surface area contributed by atoms with E-state index >= 15 is 0 Å². The molecule has 2 unspecified atom stereocenters. The van der Waals surface area contributed by atoms with Crippen LogP contribution in [0.3, 0.4) is 0 Å². The van der Waals surface area contributed by atoms with Crippen LogP contribution in [0, 0.1) is 35.5 Å². The van der Waals surface area contributed by atoms with Crippen LogP contribution < -0.4 is 5.73 Å². The second-order valence-electron chi connectivity index (χ2n) is 14.2. The minimum absolute atomic E-state index is 0.694. The molecule has 0 aromatic heterocycles. The summed E-state index contributed by atoms with van der Waals surface area (Å²) in [5.74, 6) is 4.68. The van der Waals surface area contributed by atoms with Crippen molar-refractivity contribution in [1.29, 1.82) is 0 Å². The zero-order valence-corrected chi connectivity index (χ0v) is 35.0. The lowest BCUT2D eigenvalue weighted by Gasteiger charge is -2.24. The molecule has 0 radical (unpaired) electrons. The Labute approximate surface area is 294 Å². The van der Waals surface area contributed by atoms with Gasteiger partial charge in [0.05, 0.1) is 0 Å². The summed E-state index contributed by atoms with van der Waals surface area (Å²) in [6, 6.07) is 0. The molecule has 2 N–H and O–H groups in total. The van der Waals surface area contributed by atoms with Gasteiger partial charge in [0.2, 0.25) is 0 Å². The van der Waals surface area contributed by atoms with Gasteiger partial charge in [-0.05, 0) is 102 Å². The maximum absolute atomic E-state index is 5.14. The van der Waals surface area contributed by atoms with Crippen LogP contribution in [0.4, 0.5) is 0 Å². The molecule has 0 amide bonds. The van der Waals surface area contributed by atoms with E-state index in [9.17, 15) is 0 Å². The van der Waals surface area contributed by atoms with Crippen LogP contribution >= 0.6 is 0 Å². The Bertz CT molecular complexity index is 776. The molecule has 0 spiro atoms. The lowest BCUT2D eigenvalue weighted by Crippen LogP contribution is -2.15. The van der Waals surface area contributed by atoms with Crippen LogP contribution in [-0.4, -0.2) is 6.54 Å². The van der Waals surface area contributed by atoms with Crippen molar-refractivity contribution in [2.45, 2.75) is 175 Å². The van der Waals surface area contributed by atoms with Crippen molar-refractivity contribution in [2.75, 3.05) is 6.54 Å². The van der Waals surface area contributed by atoms with Crippen LogP contribution in [0.5, 0.6) is 0 Å². The number of hydrogen-bond acceptors (Lipinski definition) is 1. The van der Waals surface area contributed by atoms with Crippen molar-refractivity contribution in [3.63, 3.8) is 0 Å². The molecule has 0 aromatic rings. The second kappa shape index (κ2) is 37.9. The van der Waals surface area contributed by atoms with Crippen LogP contribution in [0.15, 0.2) is 71.9 Å². The van der Waals surface area contributed by atoms with Gasteiger partial charge in [0, 0.05) is 0 Å². The predicted molar refractivity (Wildman–Crippen MR) is 221 cm³/mol. The third-order valence-electron chi connectivity index (χ3n) is 8.02. The summed E-state index contributed by atoms with van der Waals surface area (Å²) in [7, 11) is 0. The number of rotatable bonds is 11. The van der Waals surface area contributed by atoms with Crippen molar-refractivity contribution >= 4 is 0 Å². The first kappa shape index (κ1) is 53.9. The highest BCUT2D eigenvalue weighted by molar-refractivity contribution is 5.34. The summed E-state index contributed by atoms with van der Waals surface area (Å²) in [5, 5.41) is 0. The zero-order chi connectivity index (χ0) is 37.3. The van der Waals surface area contributed by atoms with Crippen LogP contribution in [-0.2, 0) is 0 Å². The first-order valence-corrected chi connectivity index (χ1v) is 19.2. The summed E-state index contributed by atoms with van der Waals surface area (Å²) < 4.78 is 0. The van der Waals surface area contributed by atoms with Gasteiger partial charge in [0.15, 0.2) is 0 Å². The third kappa shape index (κ3) is 42.4. The van der Waals surface area contributed by atoms with E-state index < -0.39 is 0 Å². The molecular formula is C45H89N. The maximum Gasteiger partial charge on any atom is -0.00774 e. The van der Waals surface area contributed by atoms with E-state index in [4.69, 9.17) is 5.73 Å². The van der Waals surface area contributed by atoms with Crippen molar-refractivity contribution < 1.29 is 0 Å². The first-order valence-electron chi connectivity index (χ1n) is 19.2. The smallest absolute Gasteiger partial charge is 0.00774 e. The third-order valence-corrected chi connectivity index (χ3v) is 8.02. The molecule has 0 bridgehead atoms. The molecule has 1 nitrogen and oxygen atoms in total. The number of hydrogen-bond donors (Lipinski definition) is 1. The molecule has 1 fully saturated rings. The predicted octanol–water partition coefficient (Wildman–Crippen LogP) is 15.5. The van der Waals surface area contributed by atoms with E-state index in [2.05, 4.69) is 141 Å². The highest BCUT2D eigenvalue weighted by atomic mass is 14.5. The Morgan fingerprint density at radius 1 is 0.804 bits per heavy atom. The number of unbranched alkanes of at least 4 members (excludes halogenated alkanes) is 2. The fraction of sp³-hybridized carbons (Fsp3) is 0.733. The minimum Gasteiger partial charge on any atom is -0.330 e. The Morgan fingerprint density at radius 3 is 1.52 bits per heavy atom. The van der Waals surface area contributed by atoms with Gasteiger partial charge in [-0.25, -0.2) is 0 Å². The standard InChI is InChI=1S/C10H12.C10H20.C9H18.C5H12.C5H10.C4H11N.C2H6/c1-8-3-2-4-9-7-10(9)6-5-8;1-7(2)10(8(3)4)9(5)6;1-5-6-7-9(4)8(2)3;2*1-4-5(2)3;1-2-3-4-5;1-2/h2-3,5-6,9H,4,7H2,1H3;8-10H,1H2,2-6H3;9H,2,5-7H2,1,3-4H3;5H,4H2,1-3H3;2,4H2,1,3H3;2-5H2,1H3;1-2H3/b3-2-,8-5+,10-6-;;;;;;. The quantitative estimate of drug-likeness (QED) is 0.223. The largest absolute Gasteiger partial charge is 0.330 e. The van der Waals surface area contributed by atoms with Gasteiger partial charge in [0.25, 0.3) is 0 Å². The van der Waals surface area contributed by atoms with Gasteiger partial charge in [-0.2, -0.15) is 0 Å². The molecule has 2 atom stereocenters. The molecule has 1 saturated carbocycles. The average Bonchev–Trinajstić information content (AvgIpc) is 3.73. The summed E-state index contributed by atoms with van der Waals surface area (Å²) >= 11 is 0. The maximum atomic E-state index is 5.14. The van der Waals surface area contributed by atoms with Gasteiger partial charge >= 0.3 is 0 Å². The van der Waals surface area contributed by atoms with Gasteiger partial charge in [-0.3, -0.25) is 0 Å². The molecule has 1 heteroatoms. The monoisotopic (exact) mass is 644 g/mol. The second-order valence-corrected chi connectivity index (χ2v) is 14.2. The average molecular weight is 644 g/mol. The molecule has 2 aliphatic rings. The molecule has 274 valence electrons. The summed E-state index contributed by atoms with van der Waals surface area (Å²) in [6.07, 6.45) is 20.4. The van der Waals surface area contributed by atoms with Crippen LogP contribution in [0.2, 0.25) is 0 Å². The Balaban J connectivity index is -0.000000149. The molecular weight excluding hydrogens is 555 g/mol. The fourth-order valence-electron chi connectivity index (χ4n) is 4.25. The van der Waals surface area contributed by atoms with Crippen LogP contribution in [0.25, 0.3) is 0 Å². The van der Waals surface area contributed by atoms with Crippen LogP contribution in [0.1, 0.15) is 175 Å². The molecule has 0 saturated heterocycles.